The maximum Gasteiger partial charge on any atom is 0.191 e. The SMILES string of the molecule is CCNC(=NCC(O)COCC1CC1)NCCCCC(C)C. The molecule has 1 unspecified atom stereocenters. The lowest BCUT2D eigenvalue weighted by molar-refractivity contribution is 0.0368. The van der Waals surface area contributed by atoms with Gasteiger partial charge in [0.25, 0.3) is 0 Å². The molecule has 5 nitrogen and oxygen atoms in total. The van der Waals surface area contributed by atoms with E-state index in [1.165, 1.54) is 25.7 Å². The van der Waals surface area contributed by atoms with Crippen molar-refractivity contribution in [3.05, 3.63) is 0 Å². The third-order valence-electron chi connectivity index (χ3n) is 3.67. The van der Waals surface area contributed by atoms with Crippen molar-refractivity contribution in [2.24, 2.45) is 16.8 Å². The lowest BCUT2D eigenvalue weighted by Gasteiger charge is -2.13. The number of guanidine groups is 1. The van der Waals surface area contributed by atoms with Crippen LogP contribution < -0.4 is 10.6 Å². The highest BCUT2D eigenvalue weighted by molar-refractivity contribution is 5.79. The Bertz CT molecular complexity index is 304. The van der Waals surface area contributed by atoms with Crippen molar-refractivity contribution in [1.82, 2.24) is 10.6 Å². The Labute approximate surface area is 135 Å². The monoisotopic (exact) mass is 313 g/mol. The van der Waals surface area contributed by atoms with Gasteiger partial charge in [-0.15, -0.1) is 0 Å². The molecule has 0 aromatic carbocycles. The predicted molar refractivity (Wildman–Crippen MR) is 92.2 cm³/mol. The Balaban J connectivity index is 2.12. The standard InChI is InChI=1S/C17H35N3O2/c1-4-18-17(19-10-6-5-7-14(2)3)20-11-16(21)13-22-12-15-8-9-15/h14-16,21H,4-13H2,1-3H3,(H2,18,19,20). The highest BCUT2D eigenvalue weighted by Crippen LogP contribution is 2.28. The number of hydrogen-bond acceptors (Lipinski definition) is 3. The molecule has 0 amide bonds. The van der Waals surface area contributed by atoms with Gasteiger partial charge in [0.1, 0.15) is 0 Å². The summed E-state index contributed by atoms with van der Waals surface area (Å²) in [6.45, 7) is 9.86. The Morgan fingerprint density at radius 1 is 1.27 bits per heavy atom. The van der Waals surface area contributed by atoms with Crippen LogP contribution in [-0.4, -0.2) is 50.0 Å². The van der Waals surface area contributed by atoms with Gasteiger partial charge in [-0.3, -0.25) is 4.99 Å². The van der Waals surface area contributed by atoms with Gasteiger partial charge in [-0.05, 0) is 38.0 Å². The maximum absolute atomic E-state index is 9.88. The molecule has 1 fully saturated rings. The van der Waals surface area contributed by atoms with E-state index in [1.807, 2.05) is 6.92 Å². The lowest BCUT2D eigenvalue weighted by atomic mass is 10.1. The number of nitrogens with zero attached hydrogens (tertiary/aromatic N) is 1. The topological polar surface area (TPSA) is 65.9 Å². The molecule has 0 aliphatic heterocycles. The lowest BCUT2D eigenvalue weighted by Crippen LogP contribution is -2.38. The number of unbranched alkanes of at least 4 members (excludes halogenated alkanes) is 1. The number of aliphatic hydroxyl groups excluding tert-OH is 1. The smallest absolute Gasteiger partial charge is 0.191 e. The zero-order chi connectivity index (χ0) is 16.2. The van der Waals surface area contributed by atoms with Crippen LogP contribution in [0.15, 0.2) is 4.99 Å². The summed E-state index contributed by atoms with van der Waals surface area (Å²) in [6, 6.07) is 0. The van der Waals surface area contributed by atoms with E-state index in [2.05, 4.69) is 29.5 Å². The minimum Gasteiger partial charge on any atom is -0.389 e. The van der Waals surface area contributed by atoms with E-state index in [-0.39, 0.29) is 0 Å². The molecule has 130 valence electrons. The Morgan fingerprint density at radius 2 is 2.05 bits per heavy atom. The molecule has 3 N–H and O–H groups in total. The van der Waals surface area contributed by atoms with Crippen LogP contribution in [0.2, 0.25) is 0 Å². The summed E-state index contributed by atoms with van der Waals surface area (Å²) >= 11 is 0. The van der Waals surface area contributed by atoms with Gasteiger partial charge in [0.2, 0.25) is 0 Å². The number of ether oxygens (including phenoxy) is 1. The molecule has 22 heavy (non-hydrogen) atoms. The second kappa shape index (κ2) is 11.7. The van der Waals surface area contributed by atoms with Crippen LogP contribution in [0.4, 0.5) is 0 Å². The summed E-state index contributed by atoms with van der Waals surface area (Å²) in [7, 11) is 0. The average molecular weight is 313 g/mol. The fourth-order valence-corrected chi connectivity index (χ4v) is 2.13. The van der Waals surface area contributed by atoms with Gasteiger partial charge in [0, 0.05) is 19.7 Å². The van der Waals surface area contributed by atoms with Crippen LogP contribution in [0.3, 0.4) is 0 Å². The molecule has 0 saturated heterocycles. The molecule has 1 rings (SSSR count). The summed E-state index contributed by atoms with van der Waals surface area (Å²) in [5, 5.41) is 16.4. The third-order valence-corrected chi connectivity index (χ3v) is 3.67. The van der Waals surface area contributed by atoms with E-state index >= 15 is 0 Å². The van der Waals surface area contributed by atoms with Crippen LogP contribution in [0.1, 0.15) is 52.9 Å². The minimum absolute atomic E-state index is 0.381. The van der Waals surface area contributed by atoms with Crippen molar-refractivity contribution in [2.45, 2.75) is 59.0 Å². The molecule has 0 heterocycles. The highest BCUT2D eigenvalue weighted by Gasteiger charge is 2.21. The van der Waals surface area contributed by atoms with Gasteiger partial charge >= 0.3 is 0 Å². The fraction of sp³-hybridized carbons (Fsp3) is 0.941. The highest BCUT2D eigenvalue weighted by atomic mass is 16.5. The molecule has 0 radical (unpaired) electrons. The van der Waals surface area contributed by atoms with Crippen LogP contribution >= 0.6 is 0 Å². The largest absolute Gasteiger partial charge is 0.389 e. The van der Waals surface area contributed by atoms with Crippen molar-refractivity contribution in [3.63, 3.8) is 0 Å². The first kappa shape index (κ1) is 19.2. The Kier molecular flexibility index (Phi) is 10.2. The second-order valence-electron chi connectivity index (χ2n) is 6.67. The van der Waals surface area contributed by atoms with Crippen LogP contribution in [0.5, 0.6) is 0 Å². The first-order valence-corrected chi connectivity index (χ1v) is 8.89. The van der Waals surface area contributed by atoms with Crippen molar-refractivity contribution < 1.29 is 9.84 Å². The fourth-order valence-electron chi connectivity index (χ4n) is 2.13. The van der Waals surface area contributed by atoms with E-state index in [0.29, 0.717) is 13.2 Å². The number of rotatable bonds is 12. The van der Waals surface area contributed by atoms with Gasteiger partial charge in [-0.25, -0.2) is 0 Å². The van der Waals surface area contributed by atoms with Gasteiger partial charge in [-0.2, -0.15) is 0 Å². The van der Waals surface area contributed by atoms with Gasteiger partial charge in [-0.1, -0.05) is 26.7 Å². The quantitative estimate of drug-likeness (QED) is 0.293. The van der Waals surface area contributed by atoms with Crippen molar-refractivity contribution >= 4 is 5.96 Å². The molecule has 1 saturated carbocycles. The van der Waals surface area contributed by atoms with Gasteiger partial charge in [0.05, 0.1) is 19.3 Å². The molecular formula is C17H35N3O2. The zero-order valence-electron chi connectivity index (χ0n) is 14.6. The number of nitrogens with one attached hydrogen (secondary N) is 2. The van der Waals surface area contributed by atoms with Crippen molar-refractivity contribution in [1.29, 1.82) is 0 Å². The first-order chi connectivity index (χ1) is 10.6. The second-order valence-corrected chi connectivity index (χ2v) is 6.67. The number of aliphatic hydroxyl groups is 1. The molecule has 0 aromatic heterocycles. The van der Waals surface area contributed by atoms with E-state index in [1.54, 1.807) is 0 Å². The van der Waals surface area contributed by atoms with E-state index in [4.69, 9.17) is 4.74 Å². The van der Waals surface area contributed by atoms with E-state index in [0.717, 1.165) is 43.9 Å². The number of hydrogen-bond donors (Lipinski definition) is 3. The van der Waals surface area contributed by atoms with Gasteiger partial charge in [0.15, 0.2) is 5.96 Å². The summed E-state index contributed by atoms with van der Waals surface area (Å²) < 4.78 is 5.49. The molecule has 0 bridgehead atoms. The number of aliphatic imine (C=N–C) groups is 1. The minimum atomic E-state index is -0.518. The Morgan fingerprint density at radius 3 is 2.68 bits per heavy atom. The van der Waals surface area contributed by atoms with Gasteiger partial charge < -0.3 is 20.5 Å². The average Bonchev–Trinajstić information content (AvgIpc) is 3.28. The summed E-state index contributed by atoms with van der Waals surface area (Å²) in [5.41, 5.74) is 0. The molecule has 1 aliphatic carbocycles. The molecule has 0 aromatic rings. The van der Waals surface area contributed by atoms with Crippen LogP contribution in [0.25, 0.3) is 0 Å². The molecular weight excluding hydrogens is 278 g/mol. The molecule has 1 atom stereocenters. The zero-order valence-corrected chi connectivity index (χ0v) is 14.6. The van der Waals surface area contributed by atoms with Crippen molar-refractivity contribution in [3.8, 4) is 0 Å². The maximum atomic E-state index is 9.88. The summed E-state index contributed by atoms with van der Waals surface area (Å²) in [4.78, 5) is 4.42. The predicted octanol–water partition coefficient (Wildman–Crippen LogP) is 2.16. The molecule has 5 heteroatoms. The normalized spacial score (nSPS) is 16.9. The third kappa shape index (κ3) is 10.9. The molecule has 0 spiro atoms. The molecule has 1 aliphatic rings. The Hall–Kier alpha value is -0.810. The first-order valence-electron chi connectivity index (χ1n) is 8.89. The summed E-state index contributed by atoms with van der Waals surface area (Å²) in [6.07, 6.45) is 5.69. The summed E-state index contributed by atoms with van der Waals surface area (Å²) in [5.74, 6) is 2.29. The van der Waals surface area contributed by atoms with Crippen LogP contribution in [-0.2, 0) is 4.74 Å². The van der Waals surface area contributed by atoms with E-state index < -0.39 is 6.10 Å². The van der Waals surface area contributed by atoms with Crippen LogP contribution in [0, 0.1) is 11.8 Å². The van der Waals surface area contributed by atoms with E-state index in [9.17, 15) is 5.11 Å². The van der Waals surface area contributed by atoms with Crippen molar-refractivity contribution in [2.75, 3.05) is 32.8 Å².